The van der Waals surface area contributed by atoms with Crippen LogP contribution in [0.1, 0.15) is 12.5 Å². The molecule has 1 heterocycles. The molecule has 0 saturated carbocycles. The van der Waals surface area contributed by atoms with Crippen molar-refractivity contribution < 1.29 is 4.79 Å². The number of amides is 1. The van der Waals surface area contributed by atoms with Crippen LogP contribution in [0.3, 0.4) is 0 Å². The first-order valence-electron chi connectivity index (χ1n) is 7.24. The number of carbonyl (C=O) groups excluding carboxylic acids is 1. The van der Waals surface area contributed by atoms with Crippen LogP contribution in [0.4, 0.5) is 0 Å². The van der Waals surface area contributed by atoms with Crippen molar-refractivity contribution >= 4 is 17.5 Å². The molecule has 2 rings (SSSR count). The predicted octanol–water partition coefficient (Wildman–Crippen LogP) is 3.12. The van der Waals surface area contributed by atoms with Gasteiger partial charge in [-0.15, -0.1) is 0 Å². The lowest BCUT2D eigenvalue weighted by Gasteiger charge is -2.34. The number of halogens is 1. The first-order chi connectivity index (χ1) is 10.2. The van der Waals surface area contributed by atoms with Crippen LogP contribution in [0.5, 0.6) is 0 Å². The molecule has 0 aliphatic carbocycles. The fraction of sp³-hybridized carbons (Fsp3) is 0.353. The SMILES string of the molecule is C/C=C/C=C/C(=O)N1CCN(Cc2cccc(Cl)c2)CC1. The van der Waals surface area contributed by atoms with Crippen LogP contribution in [-0.2, 0) is 11.3 Å². The second-order valence-corrected chi connectivity index (χ2v) is 5.55. The van der Waals surface area contributed by atoms with Gasteiger partial charge in [0, 0.05) is 43.8 Å². The van der Waals surface area contributed by atoms with Gasteiger partial charge in [0.05, 0.1) is 0 Å². The van der Waals surface area contributed by atoms with Crippen molar-refractivity contribution in [2.24, 2.45) is 0 Å². The van der Waals surface area contributed by atoms with Gasteiger partial charge in [0.1, 0.15) is 0 Å². The van der Waals surface area contributed by atoms with E-state index in [0.717, 1.165) is 37.7 Å². The summed E-state index contributed by atoms with van der Waals surface area (Å²) in [6, 6.07) is 7.95. The Hall–Kier alpha value is -1.58. The highest BCUT2D eigenvalue weighted by molar-refractivity contribution is 6.30. The van der Waals surface area contributed by atoms with Crippen LogP contribution >= 0.6 is 11.6 Å². The highest BCUT2D eigenvalue weighted by Gasteiger charge is 2.19. The minimum absolute atomic E-state index is 0.0931. The second-order valence-electron chi connectivity index (χ2n) is 5.12. The summed E-state index contributed by atoms with van der Waals surface area (Å²) in [6.07, 6.45) is 7.20. The summed E-state index contributed by atoms with van der Waals surface area (Å²) >= 11 is 6.00. The van der Waals surface area contributed by atoms with Crippen molar-refractivity contribution in [1.29, 1.82) is 0 Å². The lowest BCUT2D eigenvalue weighted by atomic mass is 10.2. The third-order valence-corrected chi connectivity index (χ3v) is 3.76. The summed E-state index contributed by atoms with van der Waals surface area (Å²) in [7, 11) is 0. The molecule has 1 aliphatic heterocycles. The van der Waals surface area contributed by atoms with Crippen molar-refractivity contribution in [3.05, 3.63) is 59.2 Å². The van der Waals surface area contributed by atoms with Gasteiger partial charge in [0.2, 0.25) is 5.91 Å². The fourth-order valence-corrected chi connectivity index (χ4v) is 2.59. The third kappa shape index (κ3) is 5.03. The van der Waals surface area contributed by atoms with Crippen LogP contribution in [-0.4, -0.2) is 41.9 Å². The standard InChI is InChI=1S/C17H21ClN2O/c1-2-3-4-8-17(21)20-11-9-19(10-12-20)14-15-6-5-7-16(18)13-15/h2-8,13H,9-12,14H2,1H3/b3-2+,8-4+. The van der Waals surface area contributed by atoms with E-state index >= 15 is 0 Å². The number of hydrogen-bond acceptors (Lipinski definition) is 2. The third-order valence-electron chi connectivity index (χ3n) is 3.52. The van der Waals surface area contributed by atoms with Gasteiger partial charge in [-0.2, -0.15) is 0 Å². The average Bonchev–Trinajstić information content (AvgIpc) is 2.48. The van der Waals surface area contributed by atoms with Crippen LogP contribution in [0.2, 0.25) is 5.02 Å². The molecule has 1 aromatic rings. The highest BCUT2D eigenvalue weighted by Crippen LogP contribution is 2.14. The predicted molar refractivity (Wildman–Crippen MR) is 87.3 cm³/mol. The Morgan fingerprint density at radius 2 is 2.00 bits per heavy atom. The molecule has 0 aromatic heterocycles. The zero-order chi connectivity index (χ0) is 15.1. The number of allylic oxidation sites excluding steroid dienone is 3. The van der Waals surface area contributed by atoms with Gasteiger partial charge >= 0.3 is 0 Å². The minimum atomic E-state index is 0.0931. The van der Waals surface area contributed by atoms with Crippen molar-refractivity contribution in [1.82, 2.24) is 9.80 Å². The monoisotopic (exact) mass is 304 g/mol. The van der Waals surface area contributed by atoms with Crippen LogP contribution in [0, 0.1) is 0 Å². The van der Waals surface area contributed by atoms with Crippen LogP contribution in [0.25, 0.3) is 0 Å². The minimum Gasteiger partial charge on any atom is -0.337 e. The Morgan fingerprint density at radius 3 is 2.67 bits per heavy atom. The molecule has 4 heteroatoms. The molecule has 0 bridgehead atoms. The molecule has 1 amide bonds. The molecule has 1 aliphatic rings. The molecule has 0 unspecified atom stereocenters. The molecule has 0 radical (unpaired) electrons. The maximum Gasteiger partial charge on any atom is 0.246 e. The summed E-state index contributed by atoms with van der Waals surface area (Å²) in [5.41, 5.74) is 1.22. The van der Waals surface area contributed by atoms with Gasteiger partial charge in [-0.25, -0.2) is 0 Å². The normalized spacial score (nSPS) is 17.0. The van der Waals surface area contributed by atoms with E-state index < -0.39 is 0 Å². The first-order valence-corrected chi connectivity index (χ1v) is 7.62. The van der Waals surface area contributed by atoms with Crippen molar-refractivity contribution in [3.63, 3.8) is 0 Å². The van der Waals surface area contributed by atoms with E-state index in [4.69, 9.17) is 11.6 Å². The molecule has 1 fully saturated rings. The van der Waals surface area contributed by atoms with Gasteiger partial charge in [-0.1, -0.05) is 42.0 Å². The van der Waals surface area contributed by atoms with E-state index in [9.17, 15) is 4.79 Å². The molecule has 1 aromatic carbocycles. The molecule has 112 valence electrons. The van der Waals surface area contributed by atoms with Gasteiger partial charge in [0.25, 0.3) is 0 Å². The molecular formula is C17H21ClN2O. The highest BCUT2D eigenvalue weighted by atomic mass is 35.5. The smallest absolute Gasteiger partial charge is 0.246 e. The maximum atomic E-state index is 12.0. The average molecular weight is 305 g/mol. The van der Waals surface area contributed by atoms with Gasteiger partial charge in [0.15, 0.2) is 0 Å². The zero-order valence-electron chi connectivity index (χ0n) is 12.3. The molecule has 21 heavy (non-hydrogen) atoms. The lowest BCUT2D eigenvalue weighted by molar-refractivity contribution is -0.127. The quantitative estimate of drug-likeness (QED) is 0.630. The Balaban J connectivity index is 1.82. The Labute approximate surface area is 131 Å². The molecule has 3 nitrogen and oxygen atoms in total. The van der Waals surface area contributed by atoms with E-state index in [1.54, 1.807) is 12.2 Å². The fourth-order valence-electron chi connectivity index (χ4n) is 2.37. The van der Waals surface area contributed by atoms with E-state index in [1.165, 1.54) is 5.56 Å². The van der Waals surface area contributed by atoms with E-state index in [1.807, 2.05) is 42.2 Å². The zero-order valence-corrected chi connectivity index (χ0v) is 13.1. The molecular weight excluding hydrogens is 284 g/mol. The summed E-state index contributed by atoms with van der Waals surface area (Å²) in [6.45, 7) is 6.17. The van der Waals surface area contributed by atoms with Crippen LogP contribution < -0.4 is 0 Å². The number of hydrogen-bond donors (Lipinski definition) is 0. The Bertz CT molecular complexity index is 531. The van der Waals surface area contributed by atoms with Gasteiger partial charge < -0.3 is 4.90 Å². The summed E-state index contributed by atoms with van der Waals surface area (Å²) in [5.74, 6) is 0.0931. The number of piperazine rings is 1. The molecule has 0 N–H and O–H groups in total. The molecule has 0 spiro atoms. The van der Waals surface area contributed by atoms with Crippen LogP contribution in [0.15, 0.2) is 48.6 Å². The van der Waals surface area contributed by atoms with Crippen molar-refractivity contribution in [3.8, 4) is 0 Å². The van der Waals surface area contributed by atoms with Crippen molar-refractivity contribution in [2.45, 2.75) is 13.5 Å². The maximum absolute atomic E-state index is 12.0. The van der Waals surface area contributed by atoms with Crippen molar-refractivity contribution in [2.75, 3.05) is 26.2 Å². The molecule has 1 saturated heterocycles. The summed E-state index contributed by atoms with van der Waals surface area (Å²) in [5, 5.41) is 0.774. The summed E-state index contributed by atoms with van der Waals surface area (Å²) < 4.78 is 0. The second kappa shape index (κ2) is 8.01. The van der Waals surface area contributed by atoms with E-state index in [0.29, 0.717) is 0 Å². The Kier molecular flexibility index (Phi) is 6.03. The largest absolute Gasteiger partial charge is 0.337 e. The first kappa shape index (κ1) is 15.8. The molecule has 0 atom stereocenters. The lowest BCUT2D eigenvalue weighted by Crippen LogP contribution is -2.47. The van der Waals surface area contributed by atoms with Gasteiger partial charge in [-0.05, 0) is 24.6 Å². The Morgan fingerprint density at radius 1 is 1.24 bits per heavy atom. The number of nitrogens with zero attached hydrogens (tertiary/aromatic N) is 2. The van der Waals surface area contributed by atoms with E-state index in [2.05, 4.69) is 11.0 Å². The van der Waals surface area contributed by atoms with Gasteiger partial charge in [-0.3, -0.25) is 9.69 Å². The summed E-state index contributed by atoms with van der Waals surface area (Å²) in [4.78, 5) is 16.2. The number of carbonyl (C=O) groups is 1. The van der Waals surface area contributed by atoms with E-state index in [-0.39, 0.29) is 5.91 Å². The topological polar surface area (TPSA) is 23.6 Å². The number of rotatable bonds is 4. The number of benzene rings is 1.